The van der Waals surface area contributed by atoms with Crippen molar-refractivity contribution in [1.82, 2.24) is 15.0 Å². The van der Waals surface area contributed by atoms with E-state index >= 15 is 0 Å². The van der Waals surface area contributed by atoms with E-state index in [0.29, 0.717) is 5.92 Å². The molecule has 0 aromatic carbocycles. The third-order valence-corrected chi connectivity index (χ3v) is 3.31. The second-order valence-corrected chi connectivity index (χ2v) is 4.72. The fourth-order valence-corrected chi connectivity index (χ4v) is 2.09. The topological polar surface area (TPSA) is 67.6 Å². The van der Waals surface area contributed by atoms with Crippen LogP contribution in [-0.2, 0) is 6.42 Å². The predicted molar refractivity (Wildman–Crippen MR) is 63.0 cm³/mol. The van der Waals surface area contributed by atoms with Crippen LogP contribution in [0.2, 0.25) is 0 Å². The van der Waals surface area contributed by atoms with Crippen molar-refractivity contribution in [2.45, 2.75) is 32.2 Å². The SMILES string of the molecule is Cc1ccnc2nc(CC(N)C3CC3)[nH]c12. The average molecular weight is 216 g/mol. The maximum Gasteiger partial charge on any atom is 0.177 e. The molecule has 1 unspecified atom stereocenters. The molecule has 16 heavy (non-hydrogen) atoms. The van der Waals surface area contributed by atoms with Crippen molar-refractivity contribution in [2.75, 3.05) is 0 Å². The van der Waals surface area contributed by atoms with Gasteiger partial charge in [-0.3, -0.25) is 0 Å². The zero-order valence-electron chi connectivity index (χ0n) is 9.40. The van der Waals surface area contributed by atoms with Gasteiger partial charge in [0.15, 0.2) is 5.65 Å². The highest BCUT2D eigenvalue weighted by atomic mass is 15.0. The van der Waals surface area contributed by atoms with Crippen molar-refractivity contribution in [3.05, 3.63) is 23.7 Å². The van der Waals surface area contributed by atoms with E-state index in [1.54, 1.807) is 6.20 Å². The van der Waals surface area contributed by atoms with Gasteiger partial charge in [0, 0.05) is 18.7 Å². The minimum Gasteiger partial charge on any atom is -0.340 e. The van der Waals surface area contributed by atoms with E-state index < -0.39 is 0 Å². The summed E-state index contributed by atoms with van der Waals surface area (Å²) >= 11 is 0. The van der Waals surface area contributed by atoms with Gasteiger partial charge in [0.2, 0.25) is 0 Å². The first kappa shape index (κ1) is 9.78. The standard InChI is InChI=1S/C12H16N4/c1-7-4-5-14-12-11(7)15-10(16-12)6-9(13)8-2-3-8/h4-5,8-9H,2-3,6,13H2,1H3,(H,14,15,16). The first-order chi connectivity index (χ1) is 7.74. The molecule has 3 N–H and O–H groups in total. The molecule has 4 nitrogen and oxygen atoms in total. The second-order valence-electron chi connectivity index (χ2n) is 4.72. The van der Waals surface area contributed by atoms with Crippen molar-refractivity contribution >= 4 is 11.2 Å². The number of aryl methyl sites for hydroxylation is 1. The van der Waals surface area contributed by atoms with Gasteiger partial charge in [0.05, 0.1) is 5.52 Å². The number of pyridine rings is 1. The Morgan fingerprint density at radius 1 is 1.56 bits per heavy atom. The fraction of sp³-hybridized carbons (Fsp3) is 0.500. The number of aromatic nitrogens is 3. The highest BCUT2D eigenvalue weighted by Crippen LogP contribution is 2.32. The average Bonchev–Trinajstić information content (AvgIpc) is 3.01. The smallest absolute Gasteiger partial charge is 0.177 e. The molecule has 0 aliphatic heterocycles. The molecular weight excluding hydrogens is 200 g/mol. The lowest BCUT2D eigenvalue weighted by Gasteiger charge is -2.06. The summed E-state index contributed by atoms with van der Waals surface area (Å²) in [6.07, 6.45) is 5.18. The second kappa shape index (κ2) is 3.56. The third kappa shape index (κ3) is 1.69. The van der Waals surface area contributed by atoms with Gasteiger partial charge < -0.3 is 10.7 Å². The zero-order valence-corrected chi connectivity index (χ0v) is 9.40. The molecule has 1 fully saturated rings. The molecule has 1 aliphatic rings. The van der Waals surface area contributed by atoms with Crippen LogP contribution < -0.4 is 5.73 Å². The summed E-state index contributed by atoms with van der Waals surface area (Å²) < 4.78 is 0. The van der Waals surface area contributed by atoms with Gasteiger partial charge in [-0.1, -0.05) is 0 Å². The number of hydrogen-bond donors (Lipinski definition) is 2. The Kier molecular flexibility index (Phi) is 2.17. The number of hydrogen-bond acceptors (Lipinski definition) is 3. The molecule has 1 saturated carbocycles. The minimum absolute atomic E-state index is 0.251. The molecule has 0 bridgehead atoms. The van der Waals surface area contributed by atoms with Crippen molar-refractivity contribution < 1.29 is 0 Å². The predicted octanol–water partition coefficient (Wildman–Crippen LogP) is 1.55. The molecule has 0 radical (unpaired) electrons. The molecule has 2 heterocycles. The molecule has 0 saturated heterocycles. The molecule has 1 atom stereocenters. The Bertz CT molecular complexity index is 513. The quantitative estimate of drug-likeness (QED) is 0.818. The summed E-state index contributed by atoms with van der Waals surface area (Å²) in [5.41, 5.74) is 9.12. The fourth-order valence-electron chi connectivity index (χ4n) is 2.09. The van der Waals surface area contributed by atoms with Crippen LogP contribution in [0.15, 0.2) is 12.3 Å². The normalized spacial score (nSPS) is 17.9. The molecule has 84 valence electrons. The lowest BCUT2D eigenvalue weighted by Crippen LogP contribution is -2.25. The number of nitrogens with zero attached hydrogens (tertiary/aromatic N) is 2. The van der Waals surface area contributed by atoms with Crippen LogP contribution in [0.5, 0.6) is 0 Å². The molecular formula is C12H16N4. The van der Waals surface area contributed by atoms with Gasteiger partial charge in [-0.05, 0) is 37.3 Å². The number of nitrogens with one attached hydrogen (secondary N) is 1. The van der Waals surface area contributed by atoms with Gasteiger partial charge in [0.1, 0.15) is 5.82 Å². The molecule has 1 aliphatic carbocycles. The summed E-state index contributed by atoms with van der Waals surface area (Å²) in [6, 6.07) is 2.24. The van der Waals surface area contributed by atoms with E-state index in [0.717, 1.165) is 23.4 Å². The van der Waals surface area contributed by atoms with Crippen molar-refractivity contribution in [3.63, 3.8) is 0 Å². The van der Waals surface area contributed by atoms with Crippen LogP contribution in [0.3, 0.4) is 0 Å². The largest absolute Gasteiger partial charge is 0.340 e. The molecule has 4 heteroatoms. The highest BCUT2D eigenvalue weighted by Gasteiger charge is 2.29. The Morgan fingerprint density at radius 3 is 3.06 bits per heavy atom. The van der Waals surface area contributed by atoms with E-state index in [1.807, 2.05) is 6.07 Å². The van der Waals surface area contributed by atoms with Crippen LogP contribution >= 0.6 is 0 Å². The van der Waals surface area contributed by atoms with Crippen molar-refractivity contribution in [3.8, 4) is 0 Å². The van der Waals surface area contributed by atoms with Crippen LogP contribution in [0, 0.1) is 12.8 Å². The van der Waals surface area contributed by atoms with Gasteiger partial charge in [-0.2, -0.15) is 0 Å². The number of H-pyrrole nitrogens is 1. The van der Waals surface area contributed by atoms with Crippen LogP contribution in [0.25, 0.3) is 11.2 Å². The van der Waals surface area contributed by atoms with Crippen LogP contribution in [0.1, 0.15) is 24.2 Å². The number of imidazole rings is 1. The Hall–Kier alpha value is -1.42. The number of rotatable bonds is 3. The molecule has 3 rings (SSSR count). The Balaban J connectivity index is 1.89. The molecule has 0 amide bonds. The van der Waals surface area contributed by atoms with E-state index in [9.17, 15) is 0 Å². The maximum atomic E-state index is 6.09. The van der Waals surface area contributed by atoms with Gasteiger partial charge in [-0.25, -0.2) is 9.97 Å². The lowest BCUT2D eigenvalue weighted by molar-refractivity contribution is 0.579. The summed E-state index contributed by atoms with van der Waals surface area (Å²) in [5.74, 6) is 1.68. The number of fused-ring (bicyclic) bond motifs is 1. The number of aromatic amines is 1. The van der Waals surface area contributed by atoms with Gasteiger partial charge in [0.25, 0.3) is 0 Å². The van der Waals surface area contributed by atoms with Gasteiger partial charge >= 0.3 is 0 Å². The summed E-state index contributed by atoms with van der Waals surface area (Å²) in [4.78, 5) is 12.0. The van der Waals surface area contributed by atoms with E-state index in [-0.39, 0.29) is 6.04 Å². The summed E-state index contributed by atoms with van der Waals surface area (Å²) in [7, 11) is 0. The summed E-state index contributed by atoms with van der Waals surface area (Å²) in [6.45, 7) is 2.06. The highest BCUT2D eigenvalue weighted by molar-refractivity contribution is 5.74. The first-order valence-corrected chi connectivity index (χ1v) is 5.80. The summed E-state index contributed by atoms with van der Waals surface area (Å²) in [5, 5.41) is 0. The third-order valence-electron chi connectivity index (χ3n) is 3.31. The number of nitrogens with two attached hydrogens (primary N) is 1. The monoisotopic (exact) mass is 216 g/mol. The van der Waals surface area contributed by atoms with Crippen molar-refractivity contribution in [1.29, 1.82) is 0 Å². The molecule has 2 aromatic rings. The molecule has 0 spiro atoms. The lowest BCUT2D eigenvalue weighted by atomic mass is 10.1. The van der Waals surface area contributed by atoms with Crippen molar-refractivity contribution in [2.24, 2.45) is 11.7 Å². The van der Waals surface area contributed by atoms with E-state index in [1.165, 1.54) is 18.4 Å². The maximum absolute atomic E-state index is 6.09. The molecule has 2 aromatic heterocycles. The van der Waals surface area contributed by atoms with E-state index in [4.69, 9.17) is 5.73 Å². The van der Waals surface area contributed by atoms with Crippen LogP contribution in [0.4, 0.5) is 0 Å². The first-order valence-electron chi connectivity index (χ1n) is 5.80. The minimum atomic E-state index is 0.251. The van der Waals surface area contributed by atoms with Gasteiger partial charge in [-0.15, -0.1) is 0 Å². The van der Waals surface area contributed by atoms with E-state index in [2.05, 4.69) is 21.9 Å². The zero-order chi connectivity index (χ0) is 11.1. The Morgan fingerprint density at radius 2 is 2.38 bits per heavy atom. The Labute approximate surface area is 94.3 Å². The van der Waals surface area contributed by atoms with Crippen LogP contribution in [-0.4, -0.2) is 21.0 Å².